The summed E-state index contributed by atoms with van der Waals surface area (Å²) in [5.74, 6) is 1.47. The molecule has 1 aliphatic rings. The van der Waals surface area contributed by atoms with Crippen LogP contribution in [-0.4, -0.2) is 26.3 Å². The Morgan fingerprint density at radius 2 is 2.00 bits per heavy atom. The summed E-state index contributed by atoms with van der Waals surface area (Å²) in [4.78, 5) is 2.12. The summed E-state index contributed by atoms with van der Waals surface area (Å²) >= 11 is 5.45. The Morgan fingerprint density at radius 1 is 1.33 bits per heavy atom. The second-order valence-electron chi connectivity index (χ2n) is 5.76. The van der Waals surface area contributed by atoms with Crippen molar-refractivity contribution in [2.45, 2.75) is 32.0 Å². The largest absolute Gasteiger partial charge is 0.307 e. The van der Waals surface area contributed by atoms with Crippen LogP contribution in [0.3, 0.4) is 0 Å². The van der Waals surface area contributed by atoms with Crippen LogP contribution in [0.4, 0.5) is 4.39 Å². The molecule has 1 aliphatic carbocycles. The van der Waals surface area contributed by atoms with Gasteiger partial charge in [-0.3, -0.25) is 4.90 Å². The van der Waals surface area contributed by atoms with Gasteiger partial charge in [0, 0.05) is 19.5 Å². The lowest BCUT2D eigenvalue weighted by atomic mass is 10.2. The third-order valence-corrected chi connectivity index (χ3v) is 4.24. The van der Waals surface area contributed by atoms with E-state index in [0.717, 1.165) is 22.7 Å². The molecule has 3 rings (SSSR count). The maximum absolute atomic E-state index is 12.9. The average molecular weight is 306 g/mol. The van der Waals surface area contributed by atoms with E-state index in [4.69, 9.17) is 12.2 Å². The van der Waals surface area contributed by atoms with Crippen molar-refractivity contribution in [3.8, 4) is 0 Å². The van der Waals surface area contributed by atoms with E-state index in [1.54, 1.807) is 12.1 Å². The van der Waals surface area contributed by atoms with E-state index in [2.05, 4.69) is 10.00 Å². The van der Waals surface area contributed by atoms with Gasteiger partial charge in [-0.2, -0.15) is 5.10 Å². The number of nitrogens with zero attached hydrogens (tertiary/aromatic N) is 4. The topological polar surface area (TPSA) is 26.0 Å². The van der Waals surface area contributed by atoms with Gasteiger partial charge in [-0.1, -0.05) is 12.1 Å². The molecule has 2 aromatic rings. The van der Waals surface area contributed by atoms with Gasteiger partial charge in [-0.25, -0.2) is 9.07 Å². The molecule has 0 bridgehead atoms. The smallest absolute Gasteiger partial charge is 0.198 e. The van der Waals surface area contributed by atoms with E-state index < -0.39 is 0 Å². The van der Waals surface area contributed by atoms with Gasteiger partial charge < -0.3 is 4.57 Å². The van der Waals surface area contributed by atoms with Crippen molar-refractivity contribution in [3.63, 3.8) is 0 Å². The third-order valence-electron chi connectivity index (χ3n) is 3.76. The van der Waals surface area contributed by atoms with Crippen LogP contribution in [0.15, 0.2) is 24.3 Å². The standard InChI is InChI=1S/C15H19FN4S/c1-18(9-11-3-7-13(16)8-4-11)10-20-15(21)19(2)14(17-20)12-5-6-12/h3-4,7-8,12H,5-6,9-10H2,1-2H3. The van der Waals surface area contributed by atoms with Gasteiger partial charge in [0.25, 0.3) is 0 Å². The fourth-order valence-electron chi connectivity index (χ4n) is 2.47. The van der Waals surface area contributed by atoms with Gasteiger partial charge in [0.05, 0.1) is 6.67 Å². The zero-order chi connectivity index (χ0) is 15.0. The molecule has 0 N–H and O–H groups in total. The van der Waals surface area contributed by atoms with E-state index in [9.17, 15) is 4.39 Å². The lowest BCUT2D eigenvalue weighted by molar-refractivity contribution is 0.243. The second-order valence-corrected chi connectivity index (χ2v) is 6.12. The number of hydrogen-bond donors (Lipinski definition) is 0. The van der Waals surface area contributed by atoms with Crippen LogP contribution in [0.25, 0.3) is 0 Å². The Hall–Kier alpha value is -1.53. The molecule has 0 unspecified atom stereocenters. The highest BCUT2D eigenvalue weighted by atomic mass is 32.1. The first-order valence-corrected chi connectivity index (χ1v) is 7.52. The summed E-state index contributed by atoms with van der Waals surface area (Å²) in [7, 11) is 4.00. The molecule has 1 fully saturated rings. The van der Waals surface area contributed by atoms with Crippen molar-refractivity contribution >= 4 is 12.2 Å². The van der Waals surface area contributed by atoms with Crippen LogP contribution >= 0.6 is 12.2 Å². The number of halogens is 1. The van der Waals surface area contributed by atoms with Crippen molar-refractivity contribution in [2.24, 2.45) is 7.05 Å². The minimum absolute atomic E-state index is 0.206. The molecule has 1 aromatic heterocycles. The first kappa shape index (κ1) is 14.4. The van der Waals surface area contributed by atoms with Gasteiger partial charge in [0.15, 0.2) is 4.77 Å². The van der Waals surface area contributed by atoms with Crippen LogP contribution < -0.4 is 0 Å². The molecular formula is C15H19FN4S. The molecule has 1 heterocycles. The maximum atomic E-state index is 12.9. The lowest BCUT2D eigenvalue weighted by Crippen LogP contribution is -2.22. The fourth-order valence-corrected chi connectivity index (χ4v) is 2.67. The molecule has 1 saturated carbocycles. The SMILES string of the molecule is CN(Cc1ccc(F)cc1)Cn1nc(C2CC2)n(C)c1=S. The third kappa shape index (κ3) is 3.22. The zero-order valence-electron chi connectivity index (χ0n) is 12.3. The van der Waals surface area contributed by atoms with E-state index in [1.165, 1.54) is 25.0 Å². The van der Waals surface area contributed by atoms with Crippen molar-refractivity contribution in [2.75, 3.05) is 7.05 Å². The lowest BCUT2D eigenvalue weighted by Gasteiger charge is -2.16. The minimum Gasteiger partial charge on any atom is -0.307 e. The Morgan fingerprint density at radius 3 is 2.62 bits per heavy atom. The van der Waals surface area contributed by atoms with Gasteiger partial charge in [-0.05, 0) is 49.8 Å². The Balaban J connectivity index is 1.69. The van der Waals surface area contributed by atoms with Crippen LogP contribution in [-0.2, 0) is 20.3 Å². The molecule has 21 heavy (non-hydrogen) atoms. The molecule has 0 aliphatic heterocycles. The summed E-state index contributed by atoms with van der Waals surface area (Å²) in [5, 5.41) is 4.64. The summed E-state index contributed by atoms with van der Waals surface area (Å²) in [6.45, 7) is 1.37. The fraction of sp³-hybridized carbons (Fsp3) is 0.467. The minimum atomic E-state index is -0.206. The number of benzene rings is 1. The quantitative estimate of drug-likeness (QED) is 0.794. The van der Waals surface area contributed by atoms with E-state index in [1.807, 2.05) is 23.3 Å². The molecule has 6 heteroatoms. The van der Waals surface area contributed by atoms with Gasteiger partial charge in [-0.15, -0.1) is 0 Å². The van der Waals surface area contributed by atoms with Gasteiger partial charge in [0.2, 0.25) is 0 Å². The second kappa shape index (κ2) is 5.69. The maximum Gasteiger partial charge on any atom is 0.198 e. The molecule has 0 saturated heterocycles. The van der Waals surface area contributed by atoms with Crippen molar-refractivity contribution in [3.05, 3.63) is 46.2 Å². The predicted octanol–water partition coefficient (Wildman–Crippen LogP) is 3.06. The van der Waals surface area contributed by atoms with Crippen LogP contribution in [0, 0.1) is 10.6 Å². The molecule has 4 nitrogen and oxygen atoms in total. The monoisotopic (exact) mass is 306 g/mol. The Bertz CT molecular complexity index is 685. The van der Waals surface area contributed by atoms with Crippen LogP contribution in [0.5, 0.6) is 0 Å². The summed E-state index contributed by atoms with van der Waals surface area (Å²) in [6.07, 6.45) is 2.43. The highest BCUT2D eigenvalue weighted by Gasteiger charge is 2.29. The van der Waals surface area contributed by atoms with E-state index >= 15 is 0 Å². The number of aromatic nitrogens is 3. The van der Waals surface area contributed by atoms with Gasteiger partial charge in [0.1, 0.15) is 11.6 Å². The zero-order valence-corrected chi connectivity index (χ0v) is 13.1. The molecular weight excluding hydrogens is 287 g/mol. The molecule has 0 radical (unpaired) electrons. The summed E-state index contributed by atoms with van der Waals surface area (Å²) in [6, 6.07) is 6.58. The number of hydrogen-bond acceptors (Lipinski definition) is 3. The summed E-state index contributed by atoms with van der Waals surface area (Å²) in [5.41, 5.74) is 1.07. The van der Waals surface area contributed by atoms with E-state index in [0.29, 0.717) is 12.6 Å². The molecule has 0 atom stereocenters. The normalized spacial score (nSPS) is 14.9. The van der Waals surface area contributed by atoms with Gasteiger partial charge >= 0.3 is 0 Å². The Labute approximate surface area is 128 Å². The highest BCUT2D eigenvalue weighted by Crippen LogP contribution is 2.38. The molecule has 0 amide bonds. The average Bonchev–Trinajstić information content (AvgIpc) is 3.25. The highest BCUT2D eigenvalue weighted by molar-refractivity contribution is 7.71. The van der Waals surface area contributed by atoms with Crippen molar-refractivity contribution < 1.29 is 4.39 Å². The molecule has 0 spiro atoms. The van der Waals surface area contributed by atoms with Crippen molar-refractivity contribution in [1.82, 2.24) is 19.2 Å². The van der Waals surface area contributed by atoms with Crippen LogP contribution in [0.2, 0.25) is 0 Å². The predicted molar refractivity (Wildman–Crippen MR) is 81.9 cm³/mol. The van der Waals surface area contributed by atoms with Crippen LogP contribution in [0.1, 0.15) is 30.1 Å². The summed E-state index contributed by atoms with van der Waals surface area (Å²) < 4.78 is 17.5. The van der Waals surface area contributed by atoms with Crippen molar-refractivity contribution in [1.29, 1.82) is 0 Å². The van der Waals surface area contributed by atoms with E-state index in [-0.39, 0.29) is 5.82 Å². The molecule has 1 aromatic carbocycles. The first-order valence-electron chi connectivity index (χ1n) is 7.11. The Kier molecular flexibility index (Phi) is 3.91. The first-order chi connectivity index (χ1) is 10.0. The molecule has 112 valence electrons. The number of rotatable bonds is 5.